The van der Waals surface area contributed by atoms with Gasteiger partial charge in [-0.05, 0) is 32.5 Å². The minimum atomic E-state index is -0.0943. The predicted molar refractivity (Wildman–Crippen MR) is 95.1 cm³/mol. The first-order valence-electron chi connectivity index (χ1n) is 8.46. The van der Waals surface area contributed by atoms with Crippen molar-refractivity contribution in [1.29, 1.82) is 0 Å². The van der Waals surface area contributed by atoms with Crippen LogP contribution < -0.4 is 5.32 Å². The maximum atomic E-state index is 12.4. The first-order valence-corrected chi connectivity index (χ1v) is 8.46. The number of aryl methyl sites for hydroxylation is 1. The molecule has 1 aromatic carbocycles. The molecule has 0 aliphatic rings. The van der Waals surface area contributed by atoms with E-state index in [9.17, 15) is 4.79 Å². The summed E-state index contributed by atoms with van der Waals surface area (Å²) in [6, 6.07) is 10.4. The van der Waals surface area contributed by atoms with Crippen LogP contribution in [-0.4, -0.2) is 36.1 Å². The Morgan fingerprint density at radius 3 is 2.67 bits per heavy atom. The van der Waals surface area contributed by atoms with Crippen LogP contribution in [0.5, 0.6) is 0 Å². The molecule has 1 N–H and O–H groups in total. The highest BCUT2D eigenvalue weighted by atomic mass is 16.5. The van der Waals surface area contributed by atoms with Gasteiger partial charge in [-0.1, -0.05) is 49.3 Å². The van der Waals surface area contributed by atoms with Gasteiger partial charge in [-0.25, -0.2) is 0 Å². The van der Waals surface area contributed by atoms with Crippen molar-refractivity contribution in [2.24, 2.45) is 0 Å². The van der Waals surface area contributed by atoms with Crippen LogP contribution in [0.4, 0.5) is 0 Å². The Labute approximate surface area is 144 Å². The van der Waals surface area contributed by atoms with E-state index in [1.54, 1.807) is 6.92 Å². The average Bonchev–Trinajstić information content (AvgIpc) is 2.94. The van der Waals surface area contributed by atoms with Crippen molar-refractivity contribution >= 4 is 5.91 Å². The zero-order valence-corrected chi connectivity index (χ0v) is 15.0. The fraction of sp³-hybridized carbons (Fsp3) is 0.474. The molecule has 0 aliphatic carbocycles. The van der Waals surface area contributed by atoms with Crippen molar-refractivity contribution in [1.82, 2.24) is 15.4 Å². The average molecular weight is 329 g/mol. The van der Waals surface area contributed by atoms with Crippen LogP contribution in [0, 0.1) is 6.92 Å². The Kier molecular flexibility index (Phi) is 6.55. The maximum Gasteiger partial charge on any atom is 0.256 e. The maximum absolute atomic E-state index is 12.4. The summed E-state index contributed by atoms with van der Waals surface area (Å²) in [5.74, 6) is 0.707. The zero-order chi connectivity index (χ0) is 17.5. The van der Waals surface area contributed by atoms with Crippen LogP contribution in [0.15, 0.2) is 34.9 Å². The van der Waals surface area contributed by atoms with Gasteiger partial charge < -0.3 is 14.7 Å². The largest absolute Gasteiger partial charge is 0.360 e. The number of benzene rings is 1. The van der Waals surface area contributed by atoms with Crippen LogP contribution in [0.1, 0.15) is 53.6 Å². The molecule has 0 saturated carbocycles. The van der Waals surface area contributed by atoms with Crippen molar-refractivity contribution in [2.75, 3.05) is 20.1 Å². The van der Waals surface area contributed by atoms with Crippen molar-refractivity contribution in [3.05, 3.63) is 52.9 Å². The van der Waals surface area contributed by atoms with Gasteiger partial charge in [0, 0.05) is 19.0 Å². The van der Waals surface area contributed by atoms with Crippen molar-refractivity contribution in [3.8, 4) is 0 Å². The van der Waals surface area contributed by atoms with E-state index < -0.39 is 0 Å². The lowest BCUT2D eigenvalue weighted by molar-refractivity contribution is 0.0949. The van der Waals surface area contributed by atoms with Crippen LogP contribution in [-0.2, 0) is 6.54 Å². The first kappa shape index (κ1) is 18.2. The molecule has 0 fully saturated rings. The van der Waals surface area contributed by atoms with E-state index in [1.807, 2.05) is 19.9 Å². The number of nitrogens with zero attached hydrogens (tertiary/aromatic N) is 2. The molecule has 130 valence electrons. The molecular weight excluding hydrogens is 302 g/mol. The number of carbonyl (C=O) groups excluding carboxylic acids is 1. The van der Waals surface area contributed by atoms with Gasteiger partial charge in [-0.15, -0.1) is 0 Å². The second-order valence-corrected chi connectivity index (χ2v) is 6.49. The predicted octanol–water partition coefficient (Wildman–Crippen LogP) is 3.36. The second kappa shape index (κ2) is 8.64. The molecule has 0 saturated heterocycles. The Balaban J connectivity index is 1.76. The summed E-state index contributed by atoms with van der Waals surface area (Å²) < 4.78 is 5.27. The van der Waals surface area contributed by atoms with Gasteiger partial charge in [-0.2, -0.15) is 0 Å². The second-order valence-electron chi connectivity index (χ2n) is 6.49. The first-order chi connectivity index (χ1) is 11.5. The number of carbonyl (C=O) groups is 1. The van der Waals surface area contributed by atoms with Crippen molar-refractivity contribution in [2.45, 2.75) is 39.7 Å². The lowest BCUT2D eigenvalue weighted by Gasteiger charge is -2.16. The topological polar surface area (TPSA) is 58.4 Å². The highest BCUT2D eigenvalue weighted by Gasteiger charge is 2.22. The number of hydrogen-bond donors (Lipinski definition) is 1. The normalized spacial score (nSPS) is 11.2. The Morgan fingerprint density at radius 2 is 2.00 bits per heavy atom. The van der Waals surface area contributed by atoms with Gasteiger partial charge in [0.05, 0.1) is 5.69 Å². The number of aromatic nitrogens is 1. The minimum Gasteiger partial charge on any atom is -0.360 e. The van der Waals surface area contributed by atoms with Gasteiger partial charge in [-0.3, -0.25) is 4.79 Å². The Bertz CT molecular complexity index is 650. The molecule has 0 radical (unpaired) electrons. The van der Waals surface area contributed by atoms with Crippen LogP contribution >= 0.6 is 0 Å². The fourth-order valence-corrected chi connectivity index (χ4v) is 2.67. The molecule has 0 aliphatic heterocycles. The molecule has 0 spiro atoms. The number of nitrogens with one attached hydrogen (secondary N) is 1. The summed E-state index contributed by atoms with van der Waals surface area (Å²) in [7, 11) is 2.09. The van der Waals surface area contributed by atoms with Gasteiger partial charge >= 0.3 is 0 Å². The molecular formula is C19H27N3O2. The van der Waals surface area contributed by atoms with Gasteiger partial charge in [0.25, 0.3) is 5.91 Å². The highest BCUT2D eigenvalue weighted by molar-refractivity contribution is 5.96. The molecule has 0 atom stereocenters. The standard InChI is InChI=1S/C19H27N3O2/c1-14(2)18-17(15(3)21-24-18)19(23)20-11-8-12-22(4)13-16-9-6-5-7-10-16/h5-7,9-10,14H,8,11-13H2,1-4H3,(H,20,23). The summed E-state index contributed by atoms with van der Waals surface area (Å²) in [5.41, 5.74) is 2.53. The Morgan fingerprint density at radius 1 is 1.29 bits per heavy atom. The summed E-state index contributed by atoms with van der Waals surface area (Å²) in [5, 5.41) is 6.89. The van der Waals surface area contributed by atoms with Crippen LogP contribution in [0.3, 0.4) is 0 Å². The smallest absolute Gasteiger partial charge is 0.256 e. The van der Waals surface area contributed by atoms with E-state index >= 15 is 0 Å². The van der Waals surface area contributed by atoms with E-state index in [4.69, 9.17) is 4.52 Å². The summed E-state index contributed by atoms with van der Waals surface area (Å²) in [6.07, 6.45) is 0.899. The van der Waals surface area contributed by atoms with E-state index in [2.05, 4.69) is 46.7 Å². The van der Waals surface area contributed by atoms with E-state index in [-0.39, 0.29) is 11.8 Å². The molecule has 1 amide bonds. The summed E-state index contributed by atoms with van der Waals surface area (Å²) in [6.45, 7) is 8.27. The molecule has 5 nitrogen and oxygen atoms in total. The molecule has 5 heteroatoms. The number of rotatable bonds is 8. The Hall–Kier alpha value is -2.14. The SMILES string of the molecule is Cc1noc(C(C)C)c1C(=O)NCCCN(C)Cc1ccccc1. The van der Waals surface area contributed by atoms with E-state index in [1.165, 1.54) is 5.56 Å². The number of hydrogen-bond acceptors (Lipinski definition) is 4. The van der Waals surface area contributed by atoms with Crippen LogP contribution in [0.25, 0.3) is 0 Å². The molecule has 1 heterocycles. The van der Waals surface area contributed by atoms with Crippen LogP contribution in [0.2, 0.25) is 0 Å². The molecule has 1 aromatic heterocycles. The van der Waals surface area contributed by atoms with E-state index in [0.717, 1.165) is 19.5 Å². The van der Waals surface area contributed by atoms with Gasteiger partial charge in [0.15, 0.2) is 5.76 Å². The van der Waals surface area contributed by atoms with Gasteiger partial charge in [0.1, 0.15) is 5.56 Å². The fourth-order valence-electron chi connectivity index (χ4n) is 2.67. The third kappa shape index (κ3) is 4.93. The molecule has 2 rings (SSSR count). The molecule has 2 aromatic rings. The highest BCUT2D eigenvalue weighted by Crippen LogP contribution is 2.21. The van der Waals surface area contributed by atoms with Crippen molar-refractivity contribution in [3.63, 3.8) is 0 Å². The third-order valence-electron chi connectivity index (χ3n) is 3.94. The van der Waals surface area contributed by atoms with Gasteiger partial charge in [0.2, 0.25) is 0 Å². The number of amides is 1. The molecule has 0 bridgehead atoms. The monoisotopic (exact) mass is 329 g/mol. The molecule has 24 heavy (non-hydrogen) atoms. The zero-order valence-electron chi connectivity index (χ0n) is 15.0. The third-order valence-corrected chi connectivity index (χ3v) is 3.94. The van der Waals surface area contributed by atoms with Crippen molar-refractivity contribution < 1.29 is 9.32 Å². The summed E-state index contributed by atoms with van der Waals surface area (Å²) in [4.78, 5) is 14.6. The summed E-state index contributed by atoms with van der Waals surface area (Å²) >= 11 is 0. The quantitative estimate of drug-likeness (QED) is 0.755. The lowest BCUT2D eigenvalue weighted by atomic mass is 10.0. The lowest BCUT2D eigenvalue weighted by Crippen LogP contribution is -2.29. The minimum absolute atomic E-state index is 0.0943. The van der Waals surface area contributed by atoms with E-state index in [0.29, 0.717) is 23.6 Å². The molecule has 0 unspecified atom stereocenters.